The lowest BCUT2D eigenvalue weighted by atomic mass is 10.2. The van der Waals surface area contributed by atoms with Crippen LogP contribution < -0.4 is 5.32 Å². The Morgan fingerprint density at radius 2 is 2.00 bits per heavy atom. The normalized spacial score (nSPS) is 18.6. The van der Waals surface area contributed by atoms with Gasteiger partial charge in [0.1, 0.15) is 0 Å². The molecule has 1 rings (SSSR count). The van der Waals surface area contributed by atoms with Crippen molar-refractivity contribution in [2.24, 2.45) is 0 Å². The fourth-order valence-corrected chi connectivity index (χ4v) is 3.20. The summed E-state index contributed by atoms with van der Waals surface area (Å²) in [5.41, 5.74) is 0. The van der Waals surface area contributed by atoms with Crippen molar-refractivity contribution in [1.82, 2.24) is 10.2 Å². The molecular weight excluding hydrogens is 204 g/mol. The highest BCUT2D eigenvalue weighted by Gasteiger charge is 2.12. The van der Waals surface area contributed by atoms with E-state index in [0.717, 1.165) is 5.25 Å². The molecular formula is C12H26N2S. The molecule has 0 saturated carbocycles. The van der Waals surface area contributed by atoms with Gasteiger partial charge in [-0.05, 0) is 45.9 Å². The molecule has 0 spiro atoms. The van der Waals surface area contributed by atoms with Gasteiger partial charge in [0.05, 0.1) is 0 Å². The first-order chi connectivity index (χ1) is 7.33. The van der Waals surface area contributed by atoms with Crippen LogP contribution in [0.2, 0.25) is 0 Å². The van der Waals surface area contributed by atoms with Crippen LogP contribution in [0.15, 0.2) is 0 Å². The molecule has 90 valence electrons. The van der Waals surface area contributed by atoms with Crippen molar-refractivity contribution >= 4 is 11.8 Å². The van der Waals surface area contributed by atoms with Crippen LogP contribution in [-0.2, 0) is 0 Å². The van der Waals surface area contributed by atoms with E-state index in [4.69, 9.17) is 0 Å². The van der Waals surface area contributed by atoms with Crippen LogP contribution in [0.3, 0.4) is 0 Å². The van der Waals surface area contributed by atoms with Gasteiger partial charge in [-0.2, -0.15) is 11.8 Å². The van der Waals surface area contributed by atoms with Gasteiger partial charge in [-0.3, -0.25) is 0 Å². The van der Waals surface area contributed by atoms with Crippen LogP contribution in [0.25, 0.3) is 0 Å². The molecule has 1 heterocycles. The van der Waals surface area contributed by atoms with Crippen molar-refractivity contribution in [1.29, 1.82) is 0 Å². The van der Waals surface area contributed by atoms with Gasteiger partial charge >= 0.3 is 0 Å². The monoisotopic (exact) mass is 230 g/mol. The standard InChI is InChI=1S/C12H26N2S/c1-3-4-9-14(2)10-11-15-12-5-7-13-8-6-12/h12-13H,3-11H2,1-2H3. The highest BCUT2D eigenvalue weighted by atomic mass is 32.2. The molecule has 0 aliphatic carbocycles. The summed E-state index contributed by atoms with van der Waals surface area (Å²) in [6.45, 7) is 7.24. The molecule has 0 amide bonds. The molecule has 1 N–H and O–H groups in total. The molecule has 2 nitrogen and oxygen atoms in total. The summed E-state index contributed by atoms with van der Waals surface area (Å²) in [6, 6.07) is 0. The van der Waals surface area contributed by atoms with E-state index in [1.54, 1.807) is 0 Å². The first kappa shape index (κ1) is 13.3. The number of hydrogen-bond acceptors (Lipinski definition) is 3. The minimum absolute atomic E-state index is 0.922. The van der Waals surface area contributed by atoms with Gasteiger partial charge in [0.15, 0.2) is 0 Å². The van der Waals surface area contributed by atoms with Gasteiger partial charge in [-0.25, -0.2) is 0 Å². The van der Waals surface area contributed by atoms with Gasteiger partial charge in [0, 0.05) is 17.5 Å². The summed E-state index contributed by atoms with van der Waals surface area (Å²) in [5, 5.41) is 4.34. The summed E-state index contributed by atoms with van der Waals surface area (Å²) < 4.78 is 0. The third-order valence-electron chi connectivity index (χ3n) is 3.01. The second-order valence-corrected chi connectivity index (χ2v) is 5.89. The maximum absolute atomic E-state index is 3.42. The Morgan fingerprint density at radius 1 is 1.27 bits per heavy atom. The van der Waals surface area contributed by atoms with E-state index in [-0.39, 0.29) is 0 Å². The molecule has 1 aliphatic heterocycles. The van der Waals surface area contributed by atoms with E-state index in [1.807, 2.05) is 0 Å². The predicted octanol–water partition coefficient (Wildman–Crippen LogP) is 2.20. The summed E-state index contributed by atoms with van der Waals surface area (Å²) in [7, 11) is 2.25. The maximum atomic E-state index is 3.42. The summed E-state index contributed by atoms with van der Waals surface area (Å²) >= 11 is 2.18. The Morgan fingerprint density at radius 3 is 2.67 bits per heavy atom. The largest absolute Gasteiger partial charge is 0.317 e. The summed E-state index contributed by atoms with van der Waals surface area (Å²) in [6.07, 6.45) is 5.38. The van der Waals surface area contributed by atoms with E-state index < -0.39 is 0 Å². The summed E-state index contributed by atoms with van der Waals surface area (Å²) in [4.78, 5) is 2.47. The molecule has 0 radical (unpaired) electrons. The Kier molecular flexibility index (Phi) is 7.49. The molecule has 15 heavy (non-hydrogen) atoms. The molecule has 0 aromatic carbocycles. The number of nitrogens with one attached hydrogen (secondary N) is 1. The van der Waals surface area contributed by atoms with Gasteiger partial charge < -0.3 is 10.2 Å². The van der Waals surface area contributed by atoms with Gasteiger partial charge in [0.25, 0.3) is 0 Å². The van der Waals surface area contributed by atoms with Crippen LogP contribution in [0.5, 0.6) is 0 Å². The van der Waals surface area contributed by atoms with E-state index in [1.165, 1.54) is 57.6 Å². The minimum Gasteiger partial charge on any atom is -0.317 e. The van der Waals surface area contributed by atoms with Crippen LogP contribution in [0.4, 0.5) is 0 Å². The average molecular weight is 230 g/mol. The lowest BCUT2D eigenvalue weighted by Crippen LogP contribution is -2.30. The quantitative estimate of drug-likeness (QED) is 0.722. The topological polar surface area (TPSA) is 15.3 Å². The van der Waals surface area contributed by atoms with E-state index in [9.17, 15) is 0 Å². The third kappa shape index (κ3) is 6.44. The molecule has 3 heteroatoms. The van der Waals surface area contributed by atoms with Gasteiger partial charge in [-0.1, -0.05) is 13.3 Å². The summed E-state index contributed by atoms with van der Waals surface area (Å²) in [5.74, 6) is 1.31. The third-order valence-corrected chi connectivity index (χ3v) is 4.37. The fourth-order valence-electron chi connectivity index (χ4n) is 1.88. The van der Waals surface area contributed by atoms with Gasteiger partial charge in [-0.15, -0.1) is 0 Å². The fraction of sp³-hybridized carbons (Fsp3) is 1.00. The van der Waals surface area contributed by atoms with Crippen molar-refractivity contribution in [3.8, 4) is 0 Å². The highest BCUT2D eigenvalue weighted by molar-refractivity contribution is 7.99. The lowest BCUT2D eigenvalue weighted by Gasteiger charge is -2.23. The maximum Gasteiger partial charge on any atom is 0.00716 e. The minimum atomic E-state index is 0.922. The van der Waals surface area contributed by atoms with E-state index in [2.05, 4.69) is 35.9 Å². The Hall–Kier alpha value is 0.270. The van der Waals surface area contributed by atoms with Crippen molar-refractivity contribution in [2.75, 3.05) is 39.0 Å². The zero-order valence-electron chi connectivity index (χ0n) is 10.3. The first-order valence-corrected chi connectivity index (χ1v) is 7.38. The van der Waals surface area contributed by atoms with Crippen LogP contribution >= 0.6 is 11.8 Å². The highest BCUT2D eigenvalue weighted by Crippen LogP contribution is 2.19. The SMILES string of the molecule is CCCCN(C)CCSC1CCNCC1. The van der Waals surface area contributed by atoms with Crippen molar-refractivity contribution in [2.45, 2.75) is 37.9 Å². The Bertz CT molecular complexity index is 147. The molecule has 0 atom stereocenters. The second-order valence-electron chi connectivity index (χ2n) is 4.48. The van der Waals surface area contributed by atoms with Crippen LogP contribution in [0, 0.1) is 0 Å². The van der Waals surface area contributed by atoms with E-state index >= 15 is 0 Å². The number of nitrogens with zero attached hydrogens (tertiary/aromatic N) is 1. The van der Waals surface area contributed by atoms with E-state index in [0.29, 0.717) is 0 Å². The molecule has 0 bridgehead atoms. The Labute approximate surface area is 99.2 Å². The molecule has 1 aliphatic rings. The second kappa shape index (κ2) is 8.43. The number of thioether (sulfide) groups is 1. The Balaban J connectivity index is 1.94. The van der Waals surface area contributed by atoms with Crippen molar-refractivity contribution in [3.05, 3.63) is 0 Å². The molecule has 0 unspecified atom stereocenters. The number of piperidine rings is 1. The molecule has 1 fully saturated rings. The molecule has 1 saturated heterocycles. The zero-order chi connectivity index (χ0) is 10.9. The number of unbranched alkanes of at least 4 members (excludes halogenated alkanes) is 1. The molecule has 0 aromatic rings. The first-order valence-electron chi connectivity index (χ1n) is 6.33. The van der Waals surface area contributed by atoms with Crippen LogP contribution in [0.1, 0.15) is 32.6 Å². The molecule has 0 aromatic heterocycles. The predicted molar refractivity (Wildman–Crippen MR) is 70.8 cm³/mol. The van der Waals surface area contributed by atoms with Crippen molar-refractivity contribution < 1.29 is 0 Å². The zero-order valence-corrected chi connectivity index (χ0v) is 11.1. The average Bonchev–Trinajstić information content (AvgIpc) is 2.28. The smallest absolute Gasteiger partial charge is 0.00716 e. The van der Waals surface area contributed by atoms with Crippen molar-refractivity contribution in [3.63, 3.8) is 0 Å². The lowest BCUT2D eigenvalue weighted by molar-refractivity contribution is 0.348. The number of hydrogen-bond donors (Lipinski definition) is 1. The number of rotatable bonds is 7. The van der Waals surface area contributed by atoms with Gasteiger partial charge in [0.2, 0.25) is 0 Å². The van der Waals surface area contributed by atoms with Crippen LogP contribution in [-0.4, -0.2) is 49.1 Å².